The Labute approximate surface area is 63.7 Å². The first-order chi connectivity index (χ1) is 4.91. The summed E-state index contributed by atoms with van der Waals surface area (Å²) in [4.78, 5) is 0. The molecule has 0 aliphatic heterocycles. The van der Waals surface area contributed by atoms with Crippen LogP contribution in [0, 0.1) is 0 Å². The minimum Gasteiger partial charge on any atom is -0.381 e. The molecule has 0 bridgehead atoms. The number of ether oxygens (including phenoxy) is 1. The van der Waals surface area contributed by atoms with E-state index >= 15 is 0 Å². The van der Waals surface area contributed by atoms with Crippen LogP contribution in [0.15, 0.2) is 0 Å². The summed E-state index contributed by atoms with van der Waals surface area (Å²) in [5.41, 5.74) is 5.31. The lowest BCUT2D eigenvalue weighted by Gasteiger charge is -2.00. The van der Waals surface area contributed by atoms with Crippen LogP contribution in [-0.4, -0.2) is 19.8 Å². The van der Waals surface area contributed by atoms with Crippen molar-refractivity contribution in [1.29, 1.82) is 0 Å². The summed E-state index contributed by atoms with van der Waals surface area (Å²) >= 11 is 0. The van der Waals surface area contributed by atoms with Crippen molar-refractivity contribution in [2.75, 3.05) is 19.8 Å². The molecule has 0 aromatic heterocycles. The van der Waals surface area contributed by atoms with E-state index in [2.05, 4.69) is 6.92 Å². The fourth-order valence-electron chi connectivity index (χ4n) is 0.697. The first kappa shape index (κ1) is 9.92. The maximum absolute atomic E-state index is 5.32. The predicted molar refractivity (Wildman–Crippen MR) is 44.0 cm³/mol. The maximum atomic E-state index is 5.32. The Balaban J connectivity index is 2.65. The van der Waals surface area contributed by atoms with Gasteiger partial charge in [0.2, 0.25) is 0 Å². The lowest BCUT2D eigenvalue weighted by Crippen LogP contribution is -2.02. The normalized spacial score (nSPS) is 10.2. The van der Waals surface area contributed by atoms with Crippen LogP contribution < -0.4 is 5.73 Å². The third-order valence-electron chi connectivity index (χ3n) is 1.39. The van der Waals surface area contributed by atoms with Gasteiger partial charge in [0, 0.05) is 13.2 Å². The molecule has 0 saturated carbocycles. The Bertz CT molecular complexity index is 49.2. The van der Waals surface area contributed by atoms with Gasteiger partial charge >= 0.3 is 0 Å². The molecule has 0 fully saturated rings. The second-order valence-electron chi connectivity index (χ2n) is 2.46. The van der Waals surface area contributed by atoms with Gasteiger partial charge in [-0.3, -0.25) is 0 Å². The number of rotatable bonds is 7. The van der Waals surface area contributed by atoms with Gasteiger partial charge in [0.25, 0.3) is 0 Å². The third kappa shape index (κ3) is 7.92. The van der Waals surface area contributed by atoms with E-state index in [-0.39, 0.29) is 0 Å². The fraction of sp³-hybridized carbons (Fsp3) is 1.00. The fourth-order valence-corrected chi connectivity index (χ4v) is 0.697. The van der Waals surface area contributed by atoms with Crippen LogP contribution in [0.1, 0.15) is 32.6 Å². The average molecular weight is 145 g/mol. The molecule has 2 nitrogen and oxygen atoms in total. The van der Waals surface area contributed by atoms with Crippen LogP contribution in [0.4, 0.5) is 0 Å². The Hall–Kier alpha value is -0.0800. The van der Waals surface area contributed by atoms with E-state index in [0.717, 1.165) is 32.6 Å². The monoisotopic (exact) mass is 145 g/mol. The summed E-state index contributed by atoms with van der Waals surface area (Å²) in [6, 6.07) is 0. The Morgan fingerprint density at radius 2 is 1.80 bits per heavy atom. The zero-order chi connectivity index (χ0) is 7.66. The summed E-state index contributed by atoms with van der Waals surface area (Å²) in [5.74, 6) is 0. The highest BCUT2D eigenvalue weighted by molar-refractivity contribution is 4.39. The van der Waals surface area contributed by atoms with E-state index in [0.29, 0.717) is 0 Å². The predicted octanol–water partition coefficient (Wildman–Crippen LogP) is 1.54. The standard InChI is InChI=1S/C8H19NO/c1-2-3-7-10-8-5-4-6-9/h2-9H2,1H3. The van der Waals surface area contributed by atoms with E-state index in [1.54, 1.807) is 0 Å². The van der Waals surface area contributed by atoms with Crippen molar-refractivity contribution in [3.8, 4) is 0 Å². The van der Waals surface area contributed by atoms with Gasteiger partial charge in [-0.1, -0.05) is 13.3 Å². The maximum Gasteiger partial charge on any atom is 0.0466 e. The van der Waals surface area contributed by atoms with Crippen LogP contribution >= 0.6 is 0 Å². The minimum absolute atomic E-state index is 0.789. The summed E-state index contributed by atoms with van der Waals surface area (Å²) in [7, 11) is 0. The SMILES string of the molecule is CCCCOCCCCN. The van der Waals surface area contributed by atoms with E-state index in [4.69, 9.17) is 10.5 Å². The minimum atomic E-state index is 0.789. The second-order valence-corrected chi connectivity index (χ2v) is 2.46. The highest BCUT2D eigenvalue weighted by Gasteiger charge is 1.86. The Morgan fingerprint density at radius 3 is 2.40 bits per heavy atom. The van der Waals surface area contributed by atoms with Crippen molar-refractivity contribution < 1.29 is 4.74 Å². The topological polar surface area (TPSA) is 35.2 Å². The van der Waals surface area contributed by atoms with Gasteiger partial charge in [-0.15, -0.1) is 0 Å². The van der Waals surface area contributed by atoms with Crippen molar-refractivity contribution in [2.24, 2.45) is 5.73 Å². The summed E-state index contributed by atoms with van der Waals surface area (Å²) < 4.78 is 5.32. The van der Waals surface area contributed by atoms with Gasteiger partial charge in [0.15, 0.2) is 0 Å². The lowest BCUT2D eigenvalue weighted by molar-refractivity contribution is 0.128. The molecular formula is C8H19NO. The van der Waals surface area contributed by atoms with Gasteiger partial charge in [-0.2, -0.15) is 0 Å². The highest BCUT2D eigenvalue weighted by atomic mass is 16.5. The molecule has 0 heterocycles. The van der Waals surface area contributed by atoms with Crippen molar-refractivity contribution in [1.82, 2.24) is 0 Å². The summed E-state index contributed by atoms with van der Waals surface area (Å²) in [6.07, 6.45) is 4.60. The van der Waals surface area contributed by atoms with Crippen molar-refractivity contribution in [2.45, 2.75) is 32.6 Å². The molecule has 0 aromatic rings. The molecule has 0 aliphatic rings. The number of hydrogen-bond donors (Lipinski definition) is 1. The van der Waals surface area contributed by atoms with Crippen molar-refractivity contribution in [3.05, 3.63) is 0 Å². The van der Waals surface area contributed by atoms with Crippen molar-refractivity contribution >= 4 is 0 Å². The molecule has 10 heavy (non-hydrogen) atoms. The molecule has 0 atom stereocenters. The van der Waals surface area contributed by atoms with E-state index in [9.17, 15) is 0 Å². The average Bonchev–Trinajstić information content (AvgIpc) is 1.97. The molecular weight excluding hydrogens is 126 g/mol. The van der Waals surface area contributed by atoms with Gasteiger partial charge in [0.1, 0.15) is 0 Å². The second kappa shape index (κ2) is 8.92. The highest BCUT2D eigenvalue weighted by Crippen LogP contribution is 1.91. The van der Waals surface area contributed by atoms with Crippen LogP contribution in [0.5, 0.6) is 0 Å². The molecule has 0 unspecified atom stereocenters. The van der Waals surface area contributed by atoms with Crippen LogP contribution in [0.2, 0.25) is 0 Å². The first-order valence-electron chi connectivity index (χ1n) is 4.19. The smallest absolute Gasteiger partial charge is 0.0466 e. The van der Waals surface area contributed by atoms with E-state index < -0.39 is 0 Å². The lowest BCUT2D eigenvalue weighted by atomic mass is 10.3. The Morgan fingerprint density at radius 1 is 1.10 bits per heavy atom. The van der Waals surface area contributed by atoms with Crippen LogP contribution in [0.3, 0.4) is 0 Å². The van der Waals surface area contributed by atoms with Crippen LogP contribution in [-0.2, 0) is 4.74 Å². The van der Waals surface area contributed by atoms with E-state index in [1.165, 1.54) is 12.8 Å². The molecule has 0 spiro atoms. The molecule has 2 heteroatoms. The number of unbranched alkanes of at least 4 members (excludes halogenated alkanes) is 2. The zero-order valence-corrected chi connectivity index (χ0v) is 6.94. The summed E-state index contributed by atoms with van der Waals surface area (Å²) in [6.45, 7) is 4.76. The summed E-state index contributed by atoms with van der Waals surface area (Å²) in [5, 5.41) is 0. The molecule has 0 rings (SSSR count). The molecule has 0 amide bonds. The zero-order valence-electron chi connectivity index (χ0n) is 6.94. The quantitative estimate of drug-likeness (QED) is 0.551. The Kier molecular flexibility index (Phi) is 8.85. The van der Waals surface area contributed by atoms with Gasteiger partial charge in [-0.25, -0.2) is 0 Å². The first-order valence-corrected chi connectivity index (χ1v) is 4.19. The van der Waals surface area contributed by atoms with Crippen molar-refractivity contribution in [3.63, 3.8) is 0 Å². The van der Waals surface area contributed by atoms with Gasteiger partial charge in [0.05, 0.1) is 0 Å². The van der Waals surface area contributed by atoms with E-state index in [1.807, 2.05) is 0 Å². The van der Waals surface area contributed by atoms with Gasteiger partial charge < -0.3 is 10.5 Å². The number of nitrogens with two attached hydrogens (primary N) is 1. The molecule has 0 radical (unpaired) electrons. The molecule has 0 aromatic carbocycles. The largest absolute Gasteiger partial charge is 0.381 e. The molecule has 0 saturated heterocycles. The number of hydrogen-bond acceptors (Lipinski definition) is 2. The van der Waals surface area contributed by atoms with Gasteiger partial charge in [-0.05, 0) is 25.8 Å². The molecule has 0 aliphatic carbocycles. The third-order valence-corrected chi connectivity index (χ3v) is 1.39. The molecule has 62 valence electrons. The van der Waals surface area contributed by atoms with Crippen LogP contribution in [0.25, 0.3) is 0 Å². The molecule has 2 N–H and O–H groups in total.